The Kier molecular flexibility index (Phi) is 7.71. The lowest BCUT2D eigenvalue weighted by Crippen LogP contribution is -2.10. The summed E-state index contributed by atoms with van der Waals surface area (Å²) in [5.41, 5.74) is 8.92. The summed E-state index contributed by atoms with van der Waals surface area (Å²) in [5.74, 6) is -1.20. The van der Waals surface area contributed by atoms with Gasteiger partial charge >= 0.3 is 0 Å². The molecular weight excluding hydrogens is 496 g/mol. The molecule has 0 atom stereocenters. The van der Waals surface area contributed by atoms with Crippen molar-refractivity contribution in [2.75, 3.05) is 11.9 Å². The van der Waals surface area contributed by atoms with Crippen LogP contribution in [0, 0.1) is 11.6 Å². The topological polar surface area (TPSA) is 93.3 Å². The molecule has 0 saturated heterocycles. The van der Waals surface area contributed by atoms with Crippen molar-refractivity contribution < 1.29 is 13.6 Å². The summed E-state index contributed by atoms with van der Waals surface area (Å²) in [6.45, 7) is 0.392. The number of hydrogen-bond acceptors (Lipinski definition) is 6. The lowest BCUT2D eigenvalue weighted by molar-refractivity contribution is 0.0985. The van der Waals surface area contributed by atoms with E-state index in [1.54, 1.807) is 48.7 Å². The molecule has 1 aromatic heterocycles. The predicted molar refractivity (Wildman–Crippen MR) is 143 cm³/mol. The van der Waals surface area contributed by atoms with Gasteiger partial charge in [0.05, 0.1) is 23.5 Å². The number of hydrogen-bond donors (Lipinski definition) is 2. The van der Waals surface area contributed by atoms with E-state index in [-0.39, 0.29) is 44.0 Å². The zero-order chi connectivity index (χ0) is 25.2. The number of nitrogens with two attached hydrogens (primary N) is 1. The van der Waals surface area contributed by atoms with Gasteiger partial charge in [0.1, 0.15) is 11.6 Å². The summed E-state index contributed by atoms with van der Waals surface area (Å²) in [6, 6.07) is 15.7. The molecule has 0 fully saturated rings. The summed E-state index contributed by atoms with van der Waals surface area (Å²) in [4.78, 5) is 25.8. The van der Waals surface area contributed by atoms with E-state index in [4.69, 9.17) is 22.3 Å². The van der Waals surface area contributed by atoms with Crippen LogP contribution >= 0.6 is 11.6 Å². The number of Topliss-reactive ketones (excluding diaryl/α,β-unsaturated/α-hetero) is 1. The van der Waals surface area contributed by atoms with Crippen LogP contribution < -0.4 is 11.1 Å². The molecule has 1 aliphatic rings. The molecule has 0 radical (unpaired) electrons. The second-order valence-electron chi connectivity index (χ2n) is 8.19. The lowest BCUT2D eigenvalue weighted by atomic mass is 9.95. The Hall–Kier alpha value is -4.01. The van der Waals surface area contributed by atoms with Gasteiger partial charge in [0.25, 0.3) is 0 Å². The minimum Gasteiger partial charge on any atom is -0.330 e. The molecule has 0 bridgehead atoms. The Bertz CT molecular complexity index is 1500. The van der Waals surface area contributed by atoms with Crippen molar-refractivity contribution in [3.05, 3.63) is 106 Å². The highest BCUT2D eigenvalue weighted by Gasteiger charge is 2.25. The zero-order valence-electron chi connectivity index (χ0n) is 18.9. The number of benzene rings is 3. The Balaban J connectivity index is 0.00000320. The molecule has 3 N–H and O–H groups in total. The molecule has 188 valence electrons. The summed E-state index contributed by atoms with van der Waals surface area (Å²) in [7, 11) is 0. The average molecular weight is 520 g/mol. The Morgan fingerprint density at radius 2 is 1.78 bits per heavy atom. The first-order valence-electron chi connectivity index (χ1n) is 11.2. The number of aromatic nitrogens is 2. The van der Waals surface area contributed by atoms with E-state index >= 15 is 0 Å². The van der Waals surface area contributed by atoms with Crippen molar-refractivity contribution in [2.24, 2.45) is 10.7 Å². The number of halogens is 3. The first-order valence-corrected chi connectivity index (χ1v) is 11.6. The van der Waals surface area contributed by atoms with Crippen molar-refractivity contribution in [3.8, 4) is 11.3 Å². The highest BCUT2D eigenvalue weighted by molar-refractivity contribution is 6.31. The maximum atomic E-state index is 14.7. The van der Waals surface area contributed by atoms with E-state index in [1.165, 1.54) is 18.2 Å². The van der Waals surface area contributed by atoms with Crippen LogP contribution in [-0.2, 0) is 6.54 Å². The number of ketones is 1. The fraction of sp³-hybridized carbons (Fsp3) is 0.143. The summed E-state index contributed by atoms with van der Waals surface area (Å²) < 4.78 is 29.4. The van der Waals surface area contributed by atoms with E-state index in [9.17, 15) is 13.6 Å². The van der Waals surface area contributed by atoms with Crippen molar-refractivity contribution in [1.29, 1.82) is 0 Å². The molecule has 0 amide bonds. The molecule has 6 nitrogen and oxygen atoms in total. The van der Waals surface area contributed by atoms with Crippen LogP contribution in [0.1, 0.15) is 40.9 Å². The van der Waals surface area contributed by atoms with Gasteiger partial charge in [-0.15, -0.1) is 0 Å². The number of rotatable bonds is 6. The standard InChI is InChI=1S/C27H20ClF2N5O.CH4/c28-17-7-8-19-20(12-17)26(24-21(29)5-2-6-22(24)30)32-13-16-14-33-27(35-25(16)19)34-18-4-1-3-15(11-18)23(36)9-10-31;/h1-8,11-12,14H,9-10,13,31H2,(H,33,34,35);1H4. The van der Waals surface area contributed by atoms with Gasteiger partial charge in [0, 0.05) is 45.6 Å². The van der Waals surface area contributed by atoms with Gasteiger partial charge < -0.3 is 11.1 Å². The van der Waals surface area contributed by atoms with Gasteiger partial charge in [-0.3, -0.25) is 9.79 Å². The average Bonchev–Trinajstić information content (AvgIpc) is 3.01. The quantitative estimate of drug-likeness (QED) is 0.290. The van der Waals surface area contributed by atoms with Crippen molar-refractivity contribution >= 4 is 34.7 Å². The van der Waals surface area contributed by atoms with Crippen LogP contribution in [0.5, 0.6) is 0 Å². The summed E-state index contributed by atoms with van der Waals surface area (Å²) in [6.07, 6.45) is 1.87. The molecule has 2 heterocycles. The number of anilines is 2. The third-order valence-corrected chi connectivity index (χ3v) is 6.01. The van der Waals surface area contributed by atoms with E-state index in [0.717, 1.165) is 0 Å². The summed E-state index contributed by atoms with van der Waals surface area (Å²) in [5, 5.41) is 3.52. The van der Waals surface area contributed by atoms with E-state index in [2.05, 4.69) is 15.3 Å². The molecule has 9 heteroatoms. The normalized spacial score (nSPS) is 11.9. The van der Waals surface area contributed by atoms with Crippen LogP contribution in [0.3, 0.4) is 0 Å². The van der Waals surface area contributed by atoms with E-state index in [1.807, 2.05) is 0 Å². The molecule has 0 aliphatic carbocycles. The zero-order valence-corrected chi connectivity index (χ0v) is 19.7. The van der Waals surface area contributed by atoms with Crippen molar-refractivity contribution in [1.82, 2.24) is 9.97 Å². The Morgan fingerprint density at radius 3 is 2.54 bits per heavy atom. The number of carbonyl (C=O) groups is 1. The van der Waals surface area contributed by atoms with Crippen LogP contribution in [-0.4, -0.2) is 28.0 Å². The monoisotopic (exact) mass is 519 g/mol. The molecule has 37 heavy (non-hydrogen) atoms. The maximum absolute atomic E-state index is 14.7. The van der Waals surface area contributed by atoms with Gasteiger partial charge in [-0.1, -0.05) is 43.3 Å². The van der Waals surface area contributed by atoms with Crippen LogP contribution in [0.2, 0.25) is 5.02 Å². The highest BCUT2D eigenvalue weighted by atomic mass is 35.5. The summed E-state index contributed by atoms with van der Waals surface area (Å²) >= 11 is 6.27. The molecule has 4 aromatic rings. The van der Waals surface area contributed by atoms with E-state index in [0.29, 0.717) is 44.6 Å². The molecule has 3 aromatic carbocycles. The third-order valence-electron chi connectivity index (χ3n) is 5.78. The van der Waals surface area contributed by atoms with Gasteiger partial charge in [-0.25, -0.2) is 18.7 Å². The molecular formula is C28H24ClF2N5O. The predicted octanol–water partition coefficient (Wildman–Crippen LogP) is 6.34. The molecule has 0 unspecified atom stereocenters. The Morgan fingerprint density at radius 1 is 1.03 bits per heavy atom. The second-order valence-corrected chi connectivity index (χ2v) is 8.62. The van der Waals surface area contributed by atoms with Crippen LogP contribution in [0.25, 0.3) is 11.3 Å². The number of aliphatic imine (C=N–C) groups is 1. The third kappa shape index (κ3) is 5.26. The van der Waals surface area contributed by atoms with Crippen LogP contribution in [0.4, 0.5) is 20.4 Å². The number of nitrogens with zero attached hydrogens (tertiary/aromatic N) is 3. The first-order chi connectivity index (χ1) is 17.4. The largest absolute Gasteiger partial charge is 0.330 e. The van der Waals surface area contributed by atoms with Gasteiger partial charge in [0.2, 0.25) is 5.95 Å². The van der Waals surface area contributed by atoms with Gasteiger partial charge in [0.15, 0.2) is 5.78 Å². The minimum atomic E-state index is -0.719. The second kappa shape index (κ2) is 10.9. The fourth-order valence-electron chi connectivity index (χ4n) is 4.10. The number of fused-ring (bicyclic) bond motifs is 3. The SMILES string of the molecule is C.NCCC(=O)c1cccc(Nc2ncc3c(n2)-c2ccc(Cl)cc2C(c2c(F)cccc2F)=NC3)c1. The fourth-order valence-corrected chi connectivity index (χ4v) is 4.27. The number of nitrogens with one attached hydrogen (secondary N) is 1. The van der Waals surface area contributed by atoms with Crippen molar-refractivity contribution in [2.45, 2.75) is 20.4 Å². The first kappa shape index (κ1) is 26.1. The van der Waals surface area contributed by atoms with Gasteiger partial charge in [-0.2, -0.15) is 0 Å². The molecule has 1 aliphatic heterocycles. The molecule has 5 rings (SSSR count). The van der Waals surface area contributed by atoms with E-state index < -0.39 is 11.6 Å². The smallest absolute Gasteiger partial charge is 0.227 e. The number of carbonyl (C=O) groups excluding carboxylic acids is 1. The Labute approximate surface area is 218 Å². The lowest BCUT2D eigenvalue weighted by Gasteiger charge is -2.13. The van der Waals surface area contributed by atoms with Gasteiger partial charge in [-0.05, 0) is 42.9 Å². The maximum Gasteiger partial charge on any atom is 0.227 e. The van der Waals surface area contributed by atoms with Crippen LogP contribution in [0.15, 0.2) is 71.9 Å². The minimum absolute atomic E-state index is 0. The van der Waals surface area contributed by atoms with Crippen molar-refractivity contribution in [3.63, 3.8) is 0 Å². The molecule has 0 spiro atoms. The molecule has 0 saturated carbocycles. The highest BCUT2D eigenvalue weighted by Crippen LogP contribution is 2.34.